The third kappa shape index (κ3) is 4.94. The molecule has 6 heteroatoms. The molecule has 0 aliphatic carbocycles. The fraction of sp³-hybridized carbons (Fsp3) is 0.143. The molecule has 1 heterocycles. The van der Waals surface area contributed by atoms with Crippen molar-refractivity contribution < 1.29 is 4.79 Å². The number of carbonyl (C=O) groups is 1. The summed E-state index contributed by atoms with van der Waals surface area (Å²) in [5.74, 6) is -0.172. The summed E-state index contributed by atoms with van der Waals surface area (Å²) >= 11 is 0. The molecule has 1 aromatic heterocycles. The first-order valence-electron chi connectivity index (χ1n) is 11.2. The maximum Gasteiger partial charge on any atom is 0.291 e. The molecule has 6 nitrogen and oxygen atoms in total. The van der Waals surface area contributed by atoms with E-state index in [4.69, 9.17) is 0 Å². The molecule has 0 unspecified atom stereocenters. The molecular formula is C28H24N4O2. The van der Waals surface area contributed by atoms with Crippen molar-refractivity contribution in [1.29, 1.82) is 5.26 Å². The van der Waals surface area contributed by atoms with Crippen LogP contribution in [0.4, 0.5) is 11.4 Å². The Morgan fingerprint density at radius 1 is 1.00 bits per heavy atom. The molecule has 4 aromatic rings. The van der Waals surface area contributed by atoms with E-state index in [-0.39, 0.29) is 29.0 Å². The van der Waals surface area contributed by atoms with E-state index in [1.807, 2.05) is 67.6 Å². The van der Waals surface area contributed by atoms with Crippen LogP contribution in [0.2, 0.25) is 0 Å². The van der Waals surface area contributed by atoms with Gasteiger partial charge in [-0.3, -0.25) is 9.59 Å². The lowest BCUT2D eigenvalue weighted by atomic mass is 9.97. The van der Waals surface area contributed by atoms with Crippen LogP contribution < -0.4 is 10.9 Å². The summed E-state index contributed by atoms with van der Waals surface area (Å²) in [4.78, 5) is 27.0. The van der Waals surface area contributed by atoms with Crippen molar-refractivity contribution in [3.05, 3.63) is 112 Å². The van der Waals surface area contributed by atoms with Crippen LogP contribution in [-0.4, -0.2) is 15.6 Å². The number of anilines is 2. The number of carbonyl (C=O) groups excluding carboxylic acids is 1. The lowest BCUT2D eigenvalue weighted by molar-refractivity contribution is 0.0983. The Bertz CT molecular complexity index is 1400. The average molecular weight is 449 g/mol. The van der Waals surface area contributed by atoms with Crippen LogP contribution in [0.15, 0.2) is 89.7 Å². The van der Waals surface area contributed by atoms with Crippen LogP contribution in [0, 0.1) is 11.3 Å². The molecule has 0 spiro atoms. The fourth-order valence-electron chi connectivity index (χ4n) is 3.81. The average Bonchev–Trinajstić information content (AvgIpc) is 2.89. The molecule has 0 saturated heterocycles. The van der Waals surface area contributed by atoms with Gasteiger partial charge in [0.2, 0.25) is 0 Å². The van der Waals surface area contributed by atoms with Crippen molar-refractivity contribution in [3.8, 4) is 17.3 Å². The van der Waals surface area contributed by atoms with Gasteiger partial charge in [0.15, 0.2) is 5.78 Å². The van der Waals surface area contributed by atoms with Gasteiger partial charge in [0.1, 0.15) is 11.4 Å². The summed E-state index contributed by atoms with van der Waals surface area (Å²) < 4.78 is 1.35. The van der Waals surface area contributed by atoms with Gasteiger partial charge in [-0.25, -0.2) is 4.68 Å². The lowest BCUT2D eigenvalue weighted by Gasteiger charge is -2.17. The highest BCUT2D eigenvalue weighted by molar-refractivity contribution is 6.06. The van der Waals surface area contributed by atoms with E-state index in [0.29, 0.717) is 29.9 Å². The number of hydrogen-bond acceptors (Lipinski definition) is 5. The first kappa shape index (κ1) is 22.7. The summed E-state index contributed by atoms with van der Waals surface area (Å²) in [5, 5.41) is 17.0. The minimum absolute atomic E-state index is 0.170. The Morgan fingerprint density at radius 3 is 2.38 bits per heavy atom. The molecule has 34 heavy (non-hydrogen) atoms. The monoisotopic (exact) mass is 448 g/mol. The van der Waals surface area contributed by atoms with Crippen LogP contribution in [0.5, 0.6) is 0 Å². The normalized spacial score (nSPS) is 10.5. The number of ketones is 1. The first-order valence-corrected chi connectivity index (χ1v) is 11.2. The molecule has 0 aliphatic rings. The summed E-state index contributed by atoms with van der Waals surface area (Å²) in [6, 6.07) is 28.1. The van der Waals surface area contributed by atoms with Gasteiger partial charge in [-0.05, 0) is 37.1 Å². The quantitative estimate of drug-likeness (QED) is 0.367. The minimum atomic E-state index is -0.382. The van der Waals surface area contributed by atoms with Crippen molar-refractivity contribution in [2.24, 2.45) is 0 Å². The Balaban J connectivity index is 1.86. The van der Waals surface area contributed by atoms with Gasteiger partial charge in [0, 0.05) is 24.2 Å². The number of nitrogens with one attached hydrogen (secondary N) is 1. The van der Waals surface area contributed by atoms with Crippen LogP contribution >= 0.6 is 0 Å². The van der Waals surface area contributed by atoms with Crippen LogP contribution in [-0.2, 0) is 13.0 Å². The van der Waals surface area contributed by atoms with E-state index < -0.39 is 0 Å². The lowest BCUT2D eigenvalue weighted by Crippen LogP contribution is -2.28. The molecule has 1 N–H and O–H groups in total. The highest BCUT2D eigenvalue weighted by Crippen LogP contribution is 2.29. The summed E-state index contributed by atoms with van der Waals surface area (Å²) in [5.41, 5.74) is 3.32. The summed E-state index contributed by atoms with van der Waals surface area (Å²) in [7, 11) is 0. The van der Waals surface area contributed by atoms with E-state index in [2.05, 4.69) is 16.5 Å². The topological polar surface area (TPSA) is 87.8 Å². The highest BCUT2D eigenvalue weighted by Gasteiger charge is 2.24. The maximum atomic E-state index is 13.6. The number of aromatic nitrogens is 2. The standard InChI is InChI=1S/C28H24N4O2/c1-2-32-28(34)27(30-23-15-9-12-21(18-23)19-29)25(26(31-32)22-13-7-4-8-14-22)24(33)17-16-20-10-5-3-6-11-20/h3-15,18,30H,2,16-17H2,1H3. The second-order valence-corrected chi connectivity index (χ2v) is 7.81. The second-order valence-electron chi connectivity index (χ2n) is 7.81. The van der Waals surface area contributed by atoms with E-state index in [9.17, 15) is 14.9 Å². The molecule has 0 saturated carbocycles. The Morgan fingerprint density at radius 2 is 1.71 bits per heavy atom. The van der Waals surface area contributed by atoms with Crippen LogP contribution in [0.25, 0.3) is 11.3 Å². The zero-order chi connectivity index (χ0) is 23.9. The Kier molecular flexibility index (Phi) is 6.95. The zero-order valence-electron chi connectivity index (χ0n) is 18.9. The summed E-state index contributed by atoms with van der Waals surface area (Å²) in [6.07, 6.45) is 0.780. The predicted molar refractivity (Wildman–Crippen MR) is 133 cm³/mol. The number of Topliss-reactive ketones (excluding diaryl/α,β-unsaturated/α-hetero) is 1. The van der Waals surface area contributed by atoms with E-state index in [1.54, 1.807) is 24.3 Å². The van der Waals surface area contributed by atoms with Gasteiger partial charge in [-0.15, -0.1) is 0 Å². The van der Waals surface area contributed by atoms with Crippen molar-refractivity contribution in [2.45, 2.75) is 26.3 Å². The second kappa shape index (κ2) is 10.4. The number of nitrogens with zero attached hydrogens (tertiary/aromatic N) is 3. The fourth-order valence-corrected chi connectivity index (χ4v) is 3.81. The van der Waals surface area contributed by atoms with Crippen molar-refractivity contribution >= 4 is 17.2 Å². The molecule has 0 radical (unpaired) electrons. The van der Waals surface area contributed by atoms with Gasteiger partial charge >= 0.3 is 0 Å². The molecule has 0 amide bonds. The van der Waals surface area contributed by atoms with Gasteiger partial charge in [0.05, 0.1) is 17.2 Å². The van der Waals surface area contributed by atoms with Crippen molar-refractivity contribution in [1.82, 2.24) is 9.78 Å². The molecule has 168 valence electrons. The smallest absolute Gasteiger partial charge is 0.291 e. The number of hydrogen-bond donors (Lipinski definition) is 1. The van der Waals surface area contributed by atoms with Gasteiger partial charge < -0.3 is 5.32 Å². The van der Waals surface area contributed by atoms with Gasteiger partial charge in [-0.2, -0.15) is 10.4 Å². The highest BCUT2D eigenvalue weighted by atomic mass is 16.1. The number of benzene rings is 3. The van der Waals surface area contributed by atoms with Crippen molar-refractivity contribution in [2.75, 3.05) is 5.32 Å². The number of nitriles is 1. The largest absolute Gasteiger partial charge is 0.350 e. The summed E-state index contributed by atoms with van der Waals surface area (Å²) in [6.45, 7) is 2.18. The van der Waals surface area contributed by atoms with Crippen LogP contribution in [0.1, 0.15) is 34.8 Å². The SMILES string of the molecule is CCn1nc(-c2ccccc2)c(C(=O)CCc2ccccc2)c(Nc2cccc(C#N)c2)c1=O. The Labute approximate surface area is 198 Å². The molecule has 0 fully saturated rings. The number of rotatable bonds is 8. The van der Waals surface area contributed by atoms with E-state index in [0.717, 1.165) is 11.1 Å². The molecular weight excluding hydrogens is 424 g/mol. The molecule has 0 aliphatic heterocycles. The Hall–Kier alpha value is -4.50. The molecule has 3 aromatic carbocycles. The van der Waals surface area contributed by atoms with E-state index in [1.165, 1.54) is 4.68 Å². The van der Waals surface area contributed by atoms with Gasteiger partial charge in [0.25, 0.3) is 5.56 Å². The molecule has 0 atom stereocenters. The van der Waals surface area contributed by atoms with Crippen molar-refractivity contribution in [3.63, 3.8) is 0 Å². The predicted octanol–water partition coefficient (Wildman–Crippen LogP) is 5.36. The molecule has 0 bridgehead atoms. The maximum absolute atomic E-state index is 13.6. The van der Waals surface area contributed by atoms with Gasteiger partial charge in [-0.1, -0.05) is 66.7 Å². The third-order valence-electron chi connectivity index (χ3n) is 5.53. The minimum Gasteiger partial charge on any atom is -0.350 e. The first-order chi connectivity index (χ1) is 16.6. The number of aryl methyl sites for hydroxylation is 2. The zero-order valence-corrected chi connectivity index (χ0v) is 18.9. The van der Waals surface area contributed by atoms with E-state index >= 15 is 0 Å². The molecule has 4 rings (SSSR count). The third-order valence-corrected chi connectivity index (χ3v) is 5.53. The van der Waals surface area contributed by atoms with Crippen LogP contribution in [0.3, 0.4) is 0 Å².